The Labute approximate surface area is 95.1 Å². The van der Waals surface area contributed by atoms with Crippen LogP contribution in [-0.2, 0) is 4.74 Å². The lowest BCUT2D eigenvalue weighted by atomic mass is 10.3. The van der Waals surface area contributed by atoms with E-state index in [4.69, 9.17) is 15.3 Å². The molecular weight excluding hydrogens is 208 g/mol. The molecule has 0 aliphatic heterocycles. The Morgan fingerprint density at radius 3 is 2.62 bits per heavy atom. The van der Waals surface area contributed by atoms with Gasteiger partial charge in [0.15, 0.2) is 0 Å². The zero-order chi connectivity index (χ0) is 12.0. The summed E-state index contributed by atoms with van der Waals surface area (Å²) in [7, 11) is 0. The molecule has 0 unspecified atom stereocenters. The third-order valence-electron chi connectivity index (χ3n) is 2.02. The van der Waals surface area contributed by atoms with Crippen molar-refractivity contribution in [1.82, 2.24) is 9.97 Å². The number of aromatic nitrogens is 2. The zero-order valence-corrected chi connectivity index (χ0v) is 9.91. The Morgan fingerprint density at radius 2 is 2.00 bits per heavy atom. The van der Waals surface area contributed by atoms with Crippen LogP contribution in [0.3, 0.4) is 0 Å². The fraction of sp³-hybridized carbons (Fsp3) is 0.600. The minimum absolute atomic E-state index is 0.467. The van der Waals surface area contributed by atoms with Gasteiger partial charge in [0, 0.05) is 6.61 Å². The second-order valence-electron chi connectivity index (χ2n) is 3.24. The molecule has 0 aliphatic carbocycles. The number of nitrogens with zero attached hydrogens (tertiary/aromatic N) is 2. The molecule has 0 fully saturated rings. The number of hydrogen-bond acceptors (Lipinski definition) is 6. The monoisotopic (exact) mass is 226 g/mol. The van der Waals surface area contributed by atoms with Gasteiger partial charge in [-0.2, -0.15) is 4.98 Å². The van der Waals surface area contributed by atoms with Crippen LogP contribution in [0.4, 0.5) is 5.82 Å². The molecule has 0 saturated carbocycles. The fourth-order valence-electron chi connectivity index (χ4n) is 1.23. The summed E-state index contributed by atoms with van der Waals surface area (Å²) in [5.74, 6) is 7.08. The molecule has 0 aliphatic rings. The Bertz CT molecular complexity index is 344. The largest absolute Gasteiger partial charge is 0.475 e. The van der Waals surface area contributed by atoms with Crippen LogP contribution in [0, 0.1) is 13.8 Å². The summed E-state index contributed by atoms with van der Waals surface area (Å²) >= 11 is 0. The molecule has 1 heterocycles. The molecule has 0 atom stereocenters. The number of nitrogen functional groups attached to an aromatic ring is 1. The smallest absolute Gasteiger partial charge is 0.221 e. The Kier molecular flexibility index (Phi) is 4.94. The summed E-state index contributed by atoms with van der Waals surface area (Å²) in [6.07, 6.45) is 0. The predicted molar refractivity (Wildman–Crippen MR) is 61.3 cm³/mol. The molecular formula is C10H18N4O2. The highest BCUT2D eigenvalue weighted by Crippen LogP contribution is 2.20. The van der Waals surface area contributed by atoms with E-state index in [1.165, 1.54) is 0 Å². The first-order chi connectivity index (χ1) is 7.69. The first-order valence-corrected chi connectivity index (χ1v) is 5.21. The van der Waals surface area contributed by atoms with Gasteiger partial charge >= 0.3 is 0 Å². The second kappa shape index (κ2) is 6.24. The van der Waals surface area contributed by atoms with E-state index in [1.807, 2.05) is 13.8 Å². The Balaban J connectivity index is 2.67. The molecule has 1 aromatic rings. The first-order valence-electron chi connectivity index (χ1n) is 5.21. The zero-order valence-electron chi connectivity index (χ0n) is 9.91. The van der Waals surface area contributed by atoms with Gasteiger partial charge in [-0.25, -0.2) is 10.8 Å². The standard InChI is InChI=1S/C10H18N4O2/c1-4-15-5-6-16-10-7(2)9(14-11)12-8(3)13-10/h4-6,11H2,1-3H3,(H,12,13,14). The van der Waals surface area contributed by atoms with Gasteiger partial charge in [0.2, 0.25) is 5.88 Å². The van der Waals surface area contributed by atoms with E-state index < -0.39 is 0 Å². The molecule has 6 heteroatoms. The van der Waals surface area contributed by atoms with Gasteiger partial charge < -0.3 is 14.9 Å². The van der Waals surface area contributed by atoms with Crippen molar-refractivity contribution >= 4 is 5.82 Å². The summed E-state index contributed by atoms with van der Waals surface area (Å²) in [5, 5.41) is 0. The predicted octanol–water partition coefficient (Wildman–Crippen LogP) is 0.794. The van der Waals surface area contributed by atoms with Gasteiger partial charge in [-0.15, -0.1) is 0 Å². The van der Waals surface area contributed by atoms with Crippen molar-refractivity contribution < 1.29 is 9.47 Å². The number of anilines is 1. The average Bonchev–Trinajstić information content (AvgIpc) is 2.28. The molecule has 1 rings (SSSR count). The molecule has 0 bridgehead atoms. The third kappa shape index (κ3) is 3.32. The molecule has 1 aromatic heterocycles. The lowest BCUT2D eigenvalue weighted by Crippen LogP contribution is -2.14. The van der Waals surface area contributed by atoms with Crippen LogP contribution >= 0.6 is 0 Å². The fourth-order valence-corrected chi connectivity index (χ4v) is 1.23. The van der Waals surface area contributed by atoms with Crippen LogP contribution in [0.2, 0.25) is 0 Å². The van der Waals surface area contributed by atoms with Gasteiger partial charge in [0.25, 0.3) is 0 Å². The molecule has 90 valence electrons. The number of rotatable bonds is 6. The first kappa shape index (κ1) is 12.7. The van der Waals surface area contributed by atoms with Crippen molar-refractivity contribution in [1.29, 1.82) is 0 Å². The van der Waals surface area contributed by atoms with Gasteiger partial charge in [-0.1, -0.05) is 0 Å². The maximum absolute atomic E-state index is 5.49. The number of aryl methyl sites for hydroxylation is 1. The van der Waals surface area contributed by atoms with Crippen LogP contribution < -0.4 is 16.0 Å². The molecule has 0 aromatic carbocycles. The van der Waals surface area contributed by atoms with Crippen LogP contribution in [0.15, 0.2) is 0 Å². The normalized spacial score (nSPS) is 10.2. The Hall–Kier alpha value is -1.40. The van der Waals surface area contributed by atoms with Crippen LogP contribution in [0.25, 0.3) is 0 Å². The van der Waals surface area contributed by atoms with E-state index in [9.17, 15) is 0 Å². The number of nitrogens with one attached hydrogen (secondary N) is 1. The van der Waals surface area contributed by atoms with Gasteiger partial charge in [0.1, 0.15) is 18.2 Å². The summed E-state index contributed by atoms with van der Waals surface area (Å²) < 4.78 is 10.7. The topological polar surface area (TPSA) is 82.3 Å². The van der Waals surface area contributed by atoms with Gasteiger partial charge in [-0.3, -0.25) is 0 Å². The van der Waals surface area contributed by atoms with Gasteiger partial charge in [-0.05, 0) is 20.8 Å². The molecule has 0 saturated heterocycles. The van der Waals surface area contributed by atoms with Crippen LogP contribution in [-0.4, -0.2) is 29.8 Å². The molecule has 0 spiro atoms. The van der Waals surface area contributed by atoms with Crippen molar-refractivity contribution in [2.24, 2.45) is 5.84 Å². The molecule has 6 nitrogen and oxygen atoms in total. The minimum Gasteiger partial charge on any atom is -0.475 e. The number of hydrogen-bond donors (Lipinski definition) is 2. The van der Waals surface area contributed by atoms with Crippen molar-refractivity contribution in [3.63, 3.8) is 0 Å². The van der Waals surface area contributed by atoms with E-state index in [-0.39, 0.29) is 0 Å². The van der Waals surface area contributed by atoms with Crippen LogP contribution in [0.5, 0.6) is 5.88 Å². The highest BCUT2D eigenvalue weighted by atomic mass is 16.5. The summed E-state index contributed by atoms with van der Waals surface area (Å²) in [5.41, 5.74) is 3.31. The number of ether oxygens (including phenoxy) is 2. The highest BCUT2D eigenvalue weighted by molar-refractivity contribution is 5.47. The minimum atomic E-state index is 0.467. The van der Waals surface area contributed by atoms with Crippen molar-refractivity contribution in [3.8, 4) is 5.88 Å². The summed E-state index contributed by atoms with van der Waals surface area (Å²) in [6.45, 7) is 7.27. The lowest BCUT2D eigenvalue weighted by molar-refractivity contribution is 0.108. The average molecular weight is 226 g/mol. The van der Waals surface area contributed by atoms with Crippen molar-refractivity contribution in [2.75, 3.05) is 25.2 Å². The molecule has 0 radical (unpaired) electrons. The SMILES string of the molecule is CCOCCOc1nc(C)nc(NN)c1C. The number of hydrazine groups is 1. The number of nitrogens with two attached hydrogens (primary N) is 1. The maximum atomic E-state index is 5.49. The highest BCUT2D eigenvalue weighted by Gasteiger charge is 2.09. The van der Waals surface area contributed by atoms with Crippen molar-refractivity contribution in [2.45, 2.75) is 20.8 Å². The summed E-state index contributed by atoms with van der Waals surface area (Å²) in [6, 6.07) is 0. The maximum Gasteiger partial charge on any atom is 0.221 e. The van der Waals surface area contributed by atoms with Gasteiger partial charge in [0.05, 0.1) is 12.2 Å². The second-order valence-corrected chi connectivity index (χ2v) is 3.24. The van der Waals surface area contributed by atoms with Crippen LogP contribution in [0.1, 0.15) is 18.3 Å². The quantitative estimate of drug-likeness (QED) is 0.424. The summed E-state index contributed by atoms with van der Waals surface area (Å²) in [4.78, 5) is 8.33. The Morgan fingerprint density at radius 1 is 1.25 bits per heavy atom. The molecule has 3 N–H and O–H groups in total. The van der Waals surface area contributed by atoms with E-state index in [0.717, 1.165) is 5.56 Å². The lowest BCUT2D eigenvalue weighted by Gasteiger charge is -2.11. The molecule has 16 heavy (non-hydrogen) atoms. The van der Waals surface area contributed by atoms with E-state index >= 15 is 0 Å². The third-order valence-corrected chi connectivity index (χ3v) is 2.02. The van der Waals surface area contributed by atoms with E-state index in [0.29, 0.717) is 37.3 Å². The molecule has 0 amide bonds. The van der Waals surface area contributed by atoms with E-state index in [1.54, 1.807) is 6.92 Å². The van der Waals surface area contributed by atoms with Crippen molar-refractivity contribution in [3.05, 3.63) is 11.4 Å². The van der Waals surface area contributed by atoms with E-state index in [2.05, 4.69) is 15.4 Å².